The summed E-state index contributed by atoms with van der Waals surface area (Å²) in [6.07, 6.45) is 1.49. The van der Waals surface area contributed by atoms with Crippen molar-refractivity contribution in [1.29, 1.82) is 0 Å². The van der Waals surface area contributed by atoms with Crippen LogP contribution in [-0.4, -0.2) is 24.7 Å². The van der Waals surface area contributed by atoms with E-state index >= 15 is 0 Å². The molecule has 0 saturated heterocycles. The van der Waals surface area contributed by atoms with Gasteiger partial charge in [-0.1, -0.05) is 12.1 Å². The zero-order valence-electron chi connectivity index (χ0n) is 9.61. The molecule has 0 unspecified atom stereocenters. The number of benzene rings is 1. The molecule has 0 spiro atoms. The summed E-state index contributed by atoms with van der Waals surface area (Å²) in [5.74, 6) is 0.404. The predicted octanol–water partition coefficient (Wildman–Crippen LogP) is 1.49. The van der Waals surface area contributed by atoms with Crippen LogP contribution in [0.2, 0.25) is 0 Å². The van der Waals surface area contributed by atoms with Crippen molar-refractivity contribution < 1.29 is 0 Å². The molecular weight excluding hydrogens is 248 g/mol. The van der Waals surface area contributed by atoms with Gasteiger partial charge in [-0.15, -0.1) is 0 Å². The predicted molar refractivity (Wildman–Crippen MR) is 69.1 cm³/mol. The van der Waals surface area contributed by atoms with Gasteiger partial charge in [-0.25, -0.2) is 19.6 Å². The molecule has 2 heterocycles. The van der Waals surface area contributed by atoms with Gasteiger partial charge in [0.25, 0.3) is 0 Å². The van der Waals surface area contributed by atoms with E-state index in [-0.39, 0.29) is 0 Å². The zero-order chi connectivity index (χ0) is 12.5. The number of hydrogen-bond donors (Lipinski definition) is 1. The van der Waals surface area contributed by atoms with Gasteiger partial charge in [-0.05, 0) is 23.9 Å². The lowest BCUT2D eigenvalue weighted by Gasteiger charge is -2.04. The minimum atomic E-state index is 0.404. The highest BCUT2D eigenvalue weighted by molar-refractivity contribution is 7.99. The molecule has 0 atom stereocenters. The molecule has 1 aromatic carbocycles. The molecule has 0 amide bonds. The summed E-state index contributed by atoms with van der Waals surface area (Å²) in [7, 11) is 1.82. The van der Waals surface area contributed by atoms with Crippen LogP contribution in [-0.2, 0) is 7.05 Å². The molecule has 0 fully saturated rings. The van der Waals surface area contributed by atoms with Crippen LogP contribution in [0.15, 0.2) is 40.8 Å². The van der Waals surface area contributed by atoms with Crippen molar-refractivity contribution in [2.24, 2.45) is 7.05 Å². The number of anilines is 1. The van der Waals surface area contributed by atoms with Crippen LogP contribution >= 0.6 is 11.8 Å². The summed E-state index contributed by atoms with van der Waals surface area (Å²) >= 11 is 1.35. The topological polar surface area (TPSA) is 82.5 Å². The molecule has 0 bridgehead atoms. The second-order valence-electron chi connectivity index (χ2n) is 3.67. The average molecular weight is 258 g/mol. The summed E-state index contributed by atoms with van der Waals surface area (Å²) in [4.78, 5) is 12.9. The van der Waals surface area contributed by atoms with Gasteiger partial charge in [-0.2, -0.15) is 5.10 Å². The number of aromatic nitrogens is 5. The number of nitrogen functional groups attached to an aromatic ring is 1. The first-order chi connectivity index (χ1) is 8.74. The zero-order valence-corrected chi connectivity index (χ0v) is 10.4. The molecule has 6 nitrogen and oxygen atoms in total. The summed E-state index contributed by atoms with van der Waals surface area (Å²) in [6, 6.07) is 7.62. The van der Waals surface area contributed by atoms with E-state index in [2.05, 4.69) is 20.1 Å². The van der Waals surface area contributed by atoms with Crippen LogP contribution in [0.4, 0.5) is 5.82 Å². The van der Waals surface area contributed by atoms with E-state index < -0.39 is 0 Å². The fraction of sp³-hybridized carbons (Fsp3) is 0.0909. The molecule has 0 saturated carbocycles. The van der Waals surface area contributed by atoms with Crippen molar-refractivity contribution >= 4 is 28.6 Å². The minimum absolute atomic E-state index is 0.404. The lowest BCUT2D eigenvalue weighted by atomic mass is 10.3. The van der Waals surface area contributed by atoms with E-state index in [1.807, 2.05) is 31.3 Å². The Morgan fingerprint density at radius 1 is 1.17 bits per heavy atom. The third-order valence-electron chi connectivity index (χ3n) is 2.42. The molecule has 3 aromatic rings. The van der Waals surface area contributed by atoms with Crippen molar-refractivity contribution in [3.63, 3.8) is 0 Å². The average Bonchev–Trinajstić information content (AvgIpc) is 2.76. The van der Waals surface area contributed by atoms with Crippen molar-refractivity contribution in [2.45, 2.75) is 10.2 Å². The maximum absolute atomic E-state index is 5.90. The number of fused-ring (bicyclic) bond motifs is 1. The molecule has 7 heteroatoms. The largest absolute Gasteiger partial charge is 0.381 e. The highest BCUT2D eigenvalue weighted by Crippen LogP contribution is 2.28. The fourth-order valence-electron chi connectivity index (χ4n) is 1.54. The van der Waals surface area contributed by atoms with Gasteiger partial charge < -0.3 is 5.73 Å². The van der Waals surface area contributed by atoms with Gasteiger partial charge in [0.15, 0.2) is 11.0 Å². The molecule has 0 radical (unpaired) electrons. The maximum Gasteiger partial charge on any atom is 0.192 e. The Balaban J connectivity index is 2.06. The van der Waals surface area contributed by atoms with Crippen molar-refractivity contribution in [2.75, 3.05) is 5.73 Å². The van der Waals surface area contributed by atoms with E-state index in [0.717, 1.165) is 16.2 Å². The Morgan fingerprint density at radius 2 is 1.89 bits per heavy atom. The minimum Gasteiger partial charge on any atom is -0.381 e. The van der Waals surface area contributed by atoms with Crippen LogP contribution < -0.4 is 5.73 Å². The lowest BCUT2D eigenvalue weighted by molar-refractivity contribution is 0.684. The Morgan fingerprint density at radius 3 is 2.56 bits per heavy atom. The van der Waals surface area contributed by atoms with Crippen molar-refractivity contribution in [3.05, 3.63) is 30.6 Å². The monoisotopic (exact) mass is 258 g/mol. The molecule has 3 rings (SSSR count). The summed E-state index contributed by atoms with van der Waals surface area (Å²) in [6.45, 7) is 0. The third-order valence-corrected chi connectivity index (χ3v) is 3.47. The van der Waals surface area contributed by atoms with Crippen LogP contribution in [0, 0.1) is 0 Å². The lowest BCUT2D eigenvalue weighted by Crippen LogP contribution is -1.99. The van der Waals surface area contributed by atoms with Crippen LogP contribution in [0.3, 0.4) is 0 Å². The van der Waals surface area contributed by atoms with Gasteiger partial charge in [0, 0.05) is 7.05 Å². The molecular formula is C11H10N6S. The van der Waals surface area contributed by atoms with E-state index in [4.69, 9.17) is 5.73 Å². The summed E-state index contributed by atoms with van der Waals surface area (Å²) < 4.78 is 1.67. The van der Waals surface area contributed by atoms with E-state index in [9.17, 15) is 0 Å². The highest BCUT2D eigenvalue weighted by atomic mass is 32.2. The quantitative estimate of drug-likeness (QED) is 0.750. The molecule has 0 aliphatic heterocycles. The van der Waals surface area contributed by atoms with Gasteiger partial charge in [0.1, 0.15) is 11.4 Å². The third kappa shape index (κ3) is 1.88. The number of nitrogens with two attached hydrogens (primary N) is 1. The molecule has 0 aliphatic rings. The Bertz CT molecular complexity index is 708. The molecule has 0 aliphatic carbocycles. The Hall–Kier alpha value is -2.15. The van der Waals surface area contributed by atoms with E-state index in [0.29, 0.717) is 10.8 Å². The fourth-order valence-corrected chi connectivity index (χ4v) is 2.28. The summed E-state index contributed by atoms with van der Waals surface area (Å²) in [5, 5.41) is 5.37. The Labute approximate surface area is 107 Å². The normalized spacial score (nSPS) is 10.9. The maximum atomic E-state index is 5.90. The first kappa shape index (κ1) is 11.0. The molecule has 90 valence electrons. The number of para-hydroxylation sites is 2. The molecule has 2 aromatic heterocycles. The first-order valence-corrected chi connectivity index (χ1v) is 6.10. The van der Waals surface area contributed by atoms with E-state index in [1.165, 1.54) is 18.1 Å². The number of aryl methyl sites for hydroxylation is 1. The van der Waals surface area contributed by atoms with Crippen molar-refractivity contribution in [3.8, 4) is 0 Å². The van der Waals surface area contributed by atoms with Crippen LogP contribution in [0.5, 0.6) is 0 Å². The second-order valence-corrected chi connectivity index (χ2v) is 4.63. The summed E-state index contributed by atoms with van der Waals surface area (Å²) in [5.41, 5.74) is 7.51. The molecule has 18 heavy (non-hydrogen) atoms. The number of nitrogens with zero attached hydrogens (tertiary/aromatic N) is 5. The van der Waals surface area contributed by atoms with Crippen LogP contribution in [0.25, 0.3) is 11.0 Å². The number of hydrogen-bond acceptors (Lipinski definition) is 6. The standard InChI is InChI=1S/C11H10N6S/c1-17-11(13-6-14-17)18-10-9(12)15-7-4-2-3-5-8(7)16-10/h2-6H,1H3,(H2,12,15). The van der Waals surface area contributed by atoms with Crippen molar-refractivity contribution in [1.82, 2.24) is 24.7 Å². The number of rotatable bonds is 2. The second kappa shape index (κ2) is 4.26. The van der Waals surface area contributed by atoms with Gasteiger partial charge in [0.05, 0.1) is 11.0 Å². The first-order valence-electron chi connectivity index (χ1n) is 5.28. The molecule has 2 N–H and O–H groups in total. The van der Waals surface area contributed by atoms with Gasteiger partial charge in [0.2, 0.25) is 0 Å². The van der Waals surface area contributed by atoms with Gasteiger partial charge >= 0.3 is 0 Å². The van der Waals surface area contributed by atoms with Crippen LogP contribution in [0.1, 0.15) is 0 Å². The SMILES string of the molecule is Cn1ncnc1Sc1nc2ccccc2nc1N. The smallest absolute Gasteiger partial charge is 0.192 e. The van der Waals surface area contributed by atoms with Gasteiger partial charge in [-0.3, -0.25) is 0 Å². The Kier molecular flexibility index (Phi) is 2.60. The highest BCUT2D eigenvalue weighted by Gasteiger charge is 2.10. The van der Waals surface area contributed by atoms with E-state index in [1.54, 1.807) is 4.68 Å².